The third kappa shape index (κ3) is 5.32. The number of halogens is 1. The molecule has 0 saturated heterocycles. The number of hydrogen-bond acceptors (Lipinski definition) is 11. The highest BCUT2D eigenvalue weighted by Crippen LogP contribution is 2.58. The molecule has 3 heterocycles. The van der Waals surface area contributed by atoms with Crippen molar-refractivity contribution in [1.29, 1.82) is 0 Å². The van der Waals surface area contributed by atoms with Gasteiger partial charge in [-0.25, -0.2) is 28.4 Å². The predicted octanol–water partition coefficient (Wildman–Crippen LogP) is 3.58. The third-order valence-corrected chi connectivity index (χ3v) is 9.38. The Morgan fingerprint density at radius 2 is 1.77 bits per heavy atom. The van der Waals surface area contributed by atoms with E-state index in [9.17, 15) is 8.42 Å². The summed E-state index contributed by atoms with van der Waals surface area (Å²) in [5.74, 6) is 1.44. The van der Waals surface area contributed by atoms with E-state index in [0.29, 0.717) is 35.5 Å². The van der Waals surface area contributed by atoms with Gasteiger partial charge in [0.2, 0.25) is 22.7 Å². The number of benzene rings is 1. The molecule has 2 aromatic heterocycles. The Labute approximate surface area is 233 Å². The number of fused-ring (bicyclic) bond motifs is 1. The van der Waals surface area contributed by atoms with E-state index < -0.39 is 15.3 Å². The van der Waals surface area contributed by atoms with Crippen molar-refractivity contribution in [2.75, 3.05) is 31.8 Å². The molecular formula is C25H26BrN5O7S. The maximum atomic E-state index is 13.4. The quantitative estimate of drug-likeness (QED) is 0.332. The Hall–Kier alpha value is -3.23. The highest BCUT2D eigenvalue weighted by Gasteiger charge is 2.56. The Morgan fingerprint density at radius 3 is 2.54 bits per heavy atom. The first-order chi connectivity index (χ1) is 18.8. The van der Waals surface area contributed by atoms with Gasteiger partial charge in [0, 0.05) is 19.5 Å². The summed E-state index contributed by atoms with van der Waals surface area (Å²) in [6, 6.07) is 5.48. The number of nitrogens with zero attached hydrogens (tertiary/aromatic N) is 4. The molecule has 206 valence electrons. The molecule has 2 fully saturated rings. The average molecular weight is 620 g/mol. The van der Waals surface area contributed by atoms with Gasteiger partial charge in [-0.15, -0.1) is 0 Å². The van der Waals surface area contributed by atoms with E-state index in [-0.39, 0.29) is 49.2 Å². The molecule has 39 heavy (non-hydrogen) atoms. The normalized spacial score (nSPS) is 23.1. The Morgan fingerprint density at radius 1 is 1.03 bits per heavy atom. The van der Waals surface area contributed by atoms with Crippen LogP contribution in [-0.4, -0.2) is 66.8 Å². The molecule has 1 aliphatic heterocycles. The van der Waals surface area contributed by atoms with E-state index in [2.05, 4.69) is 40.6 Å². The molecule has 0 radical (unpaired) electrons. The van der Waals surface area contributed by atoms with Gasteiger partial charge in [-0.1, -0.05) is 6.07 Å². The van der Waals surface area contributed by atoms with Crippen molar-refractivity contribution < 1.29 is 32.1 Å². The molecule has 14 heteroatoms. The number of aromatic nitrogens is 4. The molecule has 1 spiro atoms. The van der Waals surface area contributed by atoms with Crippen LogP contribution in [0, 0.1) is 5.41 Å². The zero-order valence-electron chi connectivity index (χ0n) is 21.0. The number of nitrogens with one attached hydrogen (secondary N) is 1. The maximum Gasteiger partial charge on any atom is 0.316 e. The van der Waals surface area contributed by atoms with E-state index >= 15 is 0 Å². The molecular weight excluding hydrogens is 594 g/mol. The highest BCUT2D eigenvalue weighted by atomic mass is 79.9. The van der Waals surface area contributed by atoms with Gasteiger partial charge in [0.05, 0.1) is 21.4 Å². The molecule has 0 unspecified atom stereocenters. The lowest BCUT2D eigenvalue weighted by atomic mass is 9.54. The Kier molecular flexibility index (Phi) is 6.93. The van der Waals surface area contributed by atoms with Crippen molar-refractivity contribution in [1.82, 2.24) is 19.9 Å². The SMILES string of the molecule is COC1CC2(C1)CC(S(=O)(=O)Nc1ncnc(OCCOc3ncc(Br)cn3)c1-c1ccc3c(c1)OCO3)C2. The van der Waals surface area contributed by atoms with Crippen LogP contribution in [0.3, 0.4) is 0 Å². The fraction of sp³-hybridized carbons (Fsp3) is 0.440. The minimum Gasteiger partial charge on any atom is -0.473 e. The van der Waals surface area contributed by atoms with Crippen molar-refractivity contribution in [2.24, 2.45) is 5.41 Å². The highest BCUT2D eigenvalue weighted by molar-refractivity contribution is 9.10. The van der Waals surface area contributed by atoms with E-state index in [1.54, 1.807) is 37.7 Å². The summed E-state index contributed by atoms with van der Waals surface area (Å²) in [7, 11) is -2.02. The molecule has 3 aromatic rings. The van der Waals surface area contributed by atoms with Crippen LogP contribution in [0.25, 0.3) is 11.1 Å². The summed E-state index contributed by atoms with van der Waals surface area (Å²) >= 11 is 3.28. The van der Waals surface area contributed by atoms with Crippen LogP contribution in [0.5, 0.6) is 23.4 Å². The van der Waals surface area contributed by atoms with E-state index in [0.717, 1.165) is 17.3 Å². The fourth-order valence-corrected chi connectivity index (χ4v) is 7.21. The van der Waals surface area contributed by atoms with Gasteiger partial charge in [0.25, 0.3) is 0 Å². The van der Waals surface area contributed by atoms with Gasteiger partial charge >= 0.3 is 6.01 Å². The smallest absolute Gasteiger partial charge is 0.316 e. The van der Waals surface area contributed by atoms with Crippen molar-refractivity contribution in [2.45, 2.75) is 37.0 Å². The molecule has 0 bridgehead atoms. The third-order valence-electron chi connectivity index (χ3n) is 7.28. The van der Waals surface area contributed by atoms with Crippen LogP contribution in [0.2, 0.25) is 0 Å². The number of methoxy groups -OCH3 is 1. The second-order valence-electron chi connectivity index (χ2n) is 9.79. The molecule has 2 aliphatic carbocycles. The van der Waals surface area contributed by atoms with Gasteiger partial charge < -0.3 is 23.7 Å². The van der Waals surface area contributed by atoms with Crippen LogP contribution < -0.4 is 23.7 Å². The monoisotopic (exact) mass is 619 g/mol. The standard InChI is InChI=1S/C25H26BrN5O7S/c1-34-17-7-25(8-17)9-18(10-25)39(32,33)31-22-21(15-2-3-19-20(6-15)38-14-37-19)23(30-13-29-22)35-4-5-36-24-27-11-16(26)12-28-24/h2-3,6,11-13,17-18H,4-5,7-10,14H2,1H3,(H,29,30,31). The molecule has 3 aliphatic rings. The van der Waals surface area contributed by atoms with Crippen LogP contribution in [0.4, 0.5) is 5.82 Å². The van der Waals surface area contributed by atoms with Crippen molar-refractivity contribution in [3.8, 4) is 34.5 Å². The van der Waals surface area contributed by atoms with Crippen molar-refractivity contribution in [3.63, 3.8) is 0 Å². The van der Waals surface area contributed by atoms with Crippen LogP contribution in [-0.2, 0) is 14.8 Å². The molecule has 6 rings (SSSR count). The lowest BCUT2D eigenvalue weighted by Crippen LogP contribution is -2.55. The number of rotatable bonds is 10. The Balaban J connectivity index is 1.21. The summed E-state index contributed by atoms with van der Waals surface area (Å²) in [4.78, 5) is 16.7. The van der Waals surface area contributed by atoms with Crippen LogP contribution in [0.1, 0.15) is 25.7 Å². The number of hydrogen-bond donors (Lipinski definition) is 1. The predicted molar refractivity (Wildman–Crippen MR) is 142 cm³/mol. The van der Waals surface area contributed by atoms with Crippen LogP contribution >= 0.6 is 15.9 Å². The minimum absolute atomic E-state index is 0.0682. The second kappa shape index (κ2) is 10.4. The summed E-state index contributed by atoms with van der Waals surface area (Å²) < 4.78 is 58.0. The zero-order chi connectivity index (χ0) is 27.0. The molecule has 2 saturated carbocycles. The van der Waals surface area contributed by atoms with Crippen molar-refractivity contribution >= 4 is 31.8 Å². The zero-order valence-corrected chi connectivity index (χ0v) is 23.4. The van der Waals surface area contributed by atoms with E-state index in [1.807, 2.05) is 0 Å². The lowest BCUT2D eigenvalue weighted by Gasteiger charge is -2.56. The first-order valence-corrected chi connectivity index (χ1v) is 14.7. The summed E-state index contributed by atoms with van der Waals surface area (Å²) in [5.41, 5.74) is 1.06. The summed E-state index contributed by atoms with van der Waals surface area (Å²) in [6.45, 7) is 0.349. The summed E-state index contributed by atoms with van der Waals surface area (Å²) in [6.07, 6.45) is 7.65. The van der Waals surface area contributed by atoms with Gasteiger partial charge in [0.15, 0.2) is 17.3 Å². The lowest BCUT2D eigenvalue weighted by molar-refractivity contribution is -0.0982. The van der Waals surface area contributed by atoms with Gasteiger partial charge in [-0.2, -0.15) is 0 Å². The topological polar surface area (TPSA) is 144 Å². The number of anilines is 1. The van der Waals surface area contributed by atoms with E-state index in [1.165, 1.54) is 6.33 Å². The molecule has 12 nitrogen and oxygen atoms in total. The maximum absolute atomic E-state index is 13.4. The Bertz CT molecular complexity index is 1460. The van der Waals surface area contributed by atoms with E-state index in [4.69, 9.17) is 23.7 Å². The van der Waals surface area contributed by atoms with Gasteiger partial charge in [0.1, 0.15) is 19.5 Å². The fourth-order valence-electron chi connectivity index (χ4n) is 5.26. The van der Waals surface area contributed by atoms with Crippen molar-refractivity contribution in [3.05, 3.63) is 41.4 Å². The summed E-state index contributed by atoms with van der Waals surface area (Å²) in [5, 5.41) is -0.501. The largest absolute Gasteiger partial charge is 0.473 e. The average Bonchev–Trinajstić information content (AvgIpc) is 3.34. The number of sulfonamides is 1. The number of ether oxygens (including phenoxy) is 5. The minimum atomic E-state index is -3.71. The van der Waals surface area contributed by atoms with Gasteiger partial charge in [-0.3, -0.25) is 4.72 Å². The molecule has 1 aromatic carbocycles. The second-order valence-corrected chi connectivity index (χ2v) is 12.7. The molecule has 0 atom stereocenters. The molecule has 1 N–H and O–H groups in total. The first kappa shape index (κ1) is 26.0. The van der Waals surface area contributed by atoms with Crippen LogP contribution in [0.15, 0.2) is 41.4 Å². The van der Waals surface area contributed by atoms with Gasteiger partial charge in [-0.05, 0) is 64.7 Å². The molecule has 0 amide bonds. The first-order valence-electron chi connectivity index (χ1n) is 12.4.